The Hall–Kier alpha value is -2.67. The molecule has 0 unspecified atom stereocenters. The number of carbonyl (C=O) groups excluding carboxylic acids is 1. The van der Waals surface area contributed by atoms with Crippen molar-refractivity contribution in [2.75, 3.05) is 13.7 Å². The van der Waals surface area contributed by atoms with Crippen molar-refractivity contribution in [3.05, 3.63) is 53.2 Å². The molecule has 3 aromatic rings. The minimum atomic E-state index is -0.0870. The number of hydrogen-bond donors (Lipinski definition) is 0. The van der Waals surface area contributed by atoms with E-state index in [1.807, 2.05) is 24.4 Å². The molecule has 0 radical (unpaired) electrons. The maximum Gasteiger partial charge on any atom is 0.254 e. The van der Waals surface area contributed by atoms with Crippen LogP contribution in [0.2, 0.25) is 0 Å². The molecule has 7 heteroatoms. The Kier molecular flexibility index (Phi) is 4.90. The maximum absolute atomic E-state index is 12.6. The molecular weight excluding hydrogens is 326 g/mol. The summed E-state index contributed by atoms with van der Waals surface area (Å²) in [6.07, 6.45) is 0. The van der Waals surface area contributed by atoms with Crippen LogP contribution in [0.1, 0.15) is 23.2 Å². The van der Waals surface area contributed by atoms with Crippen molar-refractivity contribution < 1.29 is 14.1 Å². The van der Waals surface area contributed by atoms with Crippen molar-refractivity contribution in [3.63, 3.8) is 0 Å². The average molecular weight is 343 g/mol. The van der Waals surface area contributed by atoms with Gasteiger partial charge in [-0.15, -0.1) is 11.3 Å². The van der Waals surface area contributed by atoms with Crippen molar-refractivity contribution >= 4 is 17.2 Å². The van der Waals surface area contributed by atoms with E-state index in [-0.39, 0.29) is 12.5 Å². The van der Waals surface area contributed by atoms with E-state index in [4.69, 9.17) is 9.26 Å². The third kappa shape index (κ3) is 3.46. The van der Waals surface area contributed by atoms with Crippen LogP contribution in [-0.2, 0) is 6.54 Å². The molecule has 0 aliphatic rings. The Morgan fingerprint density at radius 1 is 1.29 bits per heavy atom. The third-order valence-corrected chi connectivity index (χ3v) is 4.41. The van der Waals surface area contributed by atoms with E-state index in [2.05, 4.69) is 10.1 Å². The highest BCUT2D eigenvalue weighted by Crippen LogP contribution is 2.22. The van der Waals surface area contributed by atoms with E-state index in [0.717, 1.165) is 4.88 Å². The predicted octanol–water partition coefficient (Wildman–Crippen LogP) is 3.47. The summed E-state index contributed by atoms with van der Waals surface area (Å²) in [4.78, 5) is 19.6. The molecule has 124 valence electrons. The van der Waals surface area contributed by atoms with Crippen LogP contribution in [0.5, 0.6) is 5.75 Å². The molecule has 0 atom stereocenters. The number of hydrogen-bond acceptors (Lipinski definition) is 6. The fraction of sp³-hybridized carbons (Fsp3) is 0.235. The van der Waals surface area contributed by atoms with Gasteiger partial charge in [0.05, 0.1) is 12.0 Å². The molecule has 0 N–H and O–H groups in total. The molecule has 2 heterocycles. The van der Waals surface area contributed by atoms with Crippen LogP contribution in [0.3, 0.4) is 0 Å². The largest absolute Gasteiger partial charge is 0.497 e. The second-order valence-electron chi connectivity index (χ2n) is 5.04. The Balaban J connectivity index is 1.73. The summed E-state index contributed by atoms with van der Waals surface area (Å²) >= 11 is 1.54. The molecule has 3 rings (SSSR count). The first kappa shape index (κ1) is 16.2. The van der Waals surface area contributed by atoms with Crippen LogP contribution < -0.4 is 4.74 Å². The quantitative estimate of drug-likeness (QED) is 0.685. The highest BCUT2D eigenvalue weighted by Gasteiger charge is 2.18. The van der Waals surface area contributed by atoms with Crippen molar-refractivity contribution in [1.29, 1.82) is 0 Å². The molecule has 0 aliphatic carbocycles. The molecule has 6 nitrogen and oxygen atoms in total. The normalized spacial score (nSPS) is 10.6. The molecule has 0 aliphatic heterocycles. The summed E-state index contributed by atoms with van der Waals surface area (Å²) in [5.74, 6) is 1.60. The highest BCUT2D eigenvalue weighted by molar-refractivity contribution is 7.13. The predicted molar refractivity (Wildman–Crippen MR) is 91.0 cm³/mol. The molecule has 0 saturated heterocycles. The van der Waals surface area contributed by atoms with Gasteiger partial charge in [-0.25, -0.2) is 0 Å². The van der Waals surface area contributed by atoms with Crippen LogP contribution in [0.4, 0.5) is 0 Å². The van der Waals surface area contributed by atoms with Gasteiger partial charge < -0.3 is 14.2 Å². The summed E-state index contributed by atoms with van der Waals surface area (Å²) in [7, 11) is 1.59. The van der Waals surface area contributed by atoms with E-state index in [1.165, 1.54) is 0 Å². The molecule has 0 bridgehead atoms. The molecule has 0 saturated carbocycles. The summed E-state index contributed by atoms with van der Waals surface area (Å²) in [6, 6.07) is 10.9. The molecule has 0 fully saturated rings. The number of carbonyl (C=O) groups is 1. The number of aromatic nitrogens is 2. The summed E-state index contributed by atoms with van der Waals surface area (Å²) in [5, 5.41) is 5.93. The van der Waals surface area contributed by atoms with Gasteiger partial charge in [-0.2, -0.15) is 4.98 Å². The number of methoxy groups -OCH3 is 1. The lowest BCUT2D eigenvalue weighted by Gasteiger charge is -2.18. The van der Waals surface area contributed by atoms with Gasteiger partial charge >= 0.3 is 0 Å². The van der Waals surface area contributed by atoms with Gasteiger partial charge in [-0.1, -0.05) is 11.2 Å². The van der Waals surface area contributed by atoms with Gasteiger partial charge in [0.25, 0.3) is 5.91 Å². The lowest BCUT2D eigenvalue weighted by Crippen LogP contribution is -2.30. The minimum Gasteiger partial charge on any atom is -0.497 e. The van der Waals surface area contributed by atoms with Gasteiger partial charge in [0.1, 0.15) is 12.3 Å². The second-order valence-corrected chi connectivity index (χ2v) is 5.98. The smallest absolute Gasteiger partial charge is 0.254 e. The Morgan fingerprint density at radius 2 is 2.08 bits per heavy atom. The van der Waals surface area contributed by atoms with E-state index < -0.39 is 0 Å². The van der Waals surface area contributed by atoms with Crippen molar-refractivity contribution in [2.24, 2.45) is 0 Å². The van der Waals surface area contributed by atoms with E-state index in [0.29, 0.717) is 29.6 Å². The second kappa shape index (κ2) is 7.27. The van der Waals surface area contributed by atoms with Crippen LogP contribution in [0, 0.1) is 0 Å². The number of rotatable bonds is 6. The fourth-order valence-corrected chi connectivity index (χ4v) is 2.88. The summed E-state index contributed by atoms with van der Waals surface area (Å²) in [5.41, 5.74) is 0.593. The SMILES string of the molecule is CCN(Cc1nc(-c2cccs2)no1)C(=O)c1ccc(OC)cc1. The van der Waals surface area contributed by atoms with Crippen molar-refractivity contribution in [1.82, 2.24) is 15.0 Å². The number of thiophene rings is 1. The fourth-order valence-electron chi connectivity index (χ4n) is 2.23. The van der Waals surface area contributed by atoms with Gasteiger partial charge in [0, 0.05) is 12.1 Å². The van der Waals surface area contributed by atoms with Crippen molar-refractivity contribution in [2.45, 2.75) is 13.5 Å². The van der Waals surface area contributed by atoms with Gasteiger partial charge in [0.2, 0.25) is 11.7 Å². The Morgan fingerprint density at radius 3 is 2.71 bits per heavy atom. The standard InChI is InChI=1S/C17H17N3O3S/c1-3-20(17(21)12-6-8-13(22-2)9-7-12)11-15-18-16(19-23-15)14-5-4-10-24-14/h4-10H,3,11H2,1-2H3. The summed E-state index contributed by atoms with van der Waals surface area (Å²) in [6.45, 7) is 2.74. The first-order chi connectivity index (χ1) is 11.7. The topological polar surface area (TPSA) is 68.5 Å². The maximum atomic E-state index is 12.6. The molecule has 0 spiro atoms. The summed E-state index contributed by atoms with van der Waals surface area (Å²) < 4.78 is 10.4. The lowest BCUT2D eigenvalue weighted by molar-refractivity contribution is 0.0734. The van der Waals surface area contributed by atoms with Crippen LogP contribution >= 0.6 is 11.3 Å². The lowest BCUT2D eigenvalue weighted by atomic mass is 10.2. The highest BCUT2D eigenvalue weighted by atomic mass is 32.1. The third-order valence-electron chi connectivity index (χ3n) is 3.54. The van der Waals surface area contributed by atoms with Crippen molar-refractivity contribution in [3.8, 4) is 16.5 Å². The van der Waals surface area contributed by atoms with E-state index >= 15 is 0 Å². The van der Waals surface area contributed by atoms with Gasteiger partial charge in [-0.05, 0) is 42.6 Å². The average Bonchev–Trinajstić information content (AvgIpc) is 3.30. The minimum absolute atomic E-state index is 0.0870. The molecule has 1 aromatic carbocycles. The van der Waals surface area contributed by atoms with Gasteiger partial charge in [-0.3, -0.25) is 4.79 Å². The number of ether oxygens (including phenoxy) is 1. The number of amides is 1. The Bertz CT molecular complexity index is 797. The van der Waals surface area contributed by atoms with Crippen LogP contribution in [0.25, 0.3) is 10.7 Å². The van der Waals surface area contributed by atoms with E-state index in [9.17, 15) is 4.79 Å². The van der Waals surface area contributed by atoms with Gasteiger partial charge in [0.15, 0.2) is 0 Å². The zero-order chi connectivity index (χ0) is 16.9. The molecule has 1 amide bonds. The zero-order valence-electron chi connectivity index (χ0n) is 13.4. The monoisotopic (exact) mass is 343 g/mol. The number of nitrogens with zero attached hydrogens (tertiary/aromatic N) is 3. The van der Waals surface area contributed by atoms with Crippen LogP contribution in [0.15, 0.2) is 46.3 Å². The Labute approximate surface area is 143 Å². The molecular formula is C17H17N3O3S. The van der Waals surface area contributed by atoms with Crippen LogP contribution in [-0.4, -0.2) is 34.6 Å². The molecule has 2 aromatic heterocycles. The number of benzene rings is 1. The zero-order valence-corrected chi connectivity index (χ0v) is 14.2. The first-order valence-electron chi connectivity index (χ1n) is 7.51. The molecule has 24 heavy (non-hydrogen) atoms. The first-order valence-corrected chi connectivity index (χ1v) is 8.39. The van der Waals surface area contributed by atoms with E-state index in [1.54, 1.807) is 47.6 Å².